The van der Waals surface area contributed by atoms with Crippen molar-refractivity contribution in [3.05, 3.63) is 83.4 Å². The number of nitrogens with one attached hydrogen (secondary N) is 1. The van der Waals surface area contributed by atoms with Crippen LogP contribution in [-0.4, -0.2) is 88.0 Å². The van der Waals surface area contributed by atoms with Gasteiger partial charge in [0.15, 0.2) is 17.8 Å². The Labute approximate surface area is 298 Å². The number of aliphatic hydroxyl groups is 1. The Morgan fingerprint density at radius 1 is 1.00 bits per heavy atom. The highest BCUT2D eigenvalue weighted by Gasteiger charge is 2.44. The van der Waals surface area contributed by atoms with Gasteiger partial charge in [0.25, 0.3) is 0 Å². The first-order chi connectivity index (χ1) is 24.6. The molecule has 6 rings (SSSR count). The van der Waals surface area contributed by atoms with Crippen LogP contribution in [0.1, 0.15) is 37.0 Å². The Morgan fingerprint density at radius 2 is 1.78 bits per heavy atom. The maximum Gasteiger partial charge on any atom is 0.407 e. The number of hydrogen-bond acceptors (Lipinski definition) is 11. The summed E-state index contributed by atoms with van der Waals surface area (Å²) in [6.45, 7) is 5.27. The Balaban J connectivity index is 1.18. The minimum absolute atomic E-state index is 0.00743. The van der Waals surface area contributed by atoms with E-state index in [9.17, 15) is 23.6 Å². The van der Waals surface area contributed by atoms with Gasteiger partial charge in [0, 0.05) is 19.2 Å². The molecular weight excluding hydrogens is 678 g/mol. The number of amides is 1. The van der Waals surface area contributed by atoms with Gasteiger partial charge in [0.1, 0.15) is 31.7 Å². The number of carbonyl (C=O) groups is 1. The molecule has 3 aromatic carbocycles. The first-order valence-corrected chi connectivity index (χ1v) is 18.5. The van der Waals surface area contributed by atoms with Crippen molar-refractivity contribution in [3.63, 3.8) is 0 Å². The van der Waals surface area contributed by atoms with E-state index in [1.807, 2.05) is 32.0 Å². The van der Waals surface area contributed by atoms with Gasteiger partial charge in [-0.25, -0.2) is 13.2 Å². The first-order valence-electron chi connectivity index (χ1n) is 17.1. The van der Waals surface area contributed by atoms with Gasteiger partial charge in [-0.3, -0.25) is 0 Å². The minimum Gasteiger partial charge on any atom is -0.489 e. The van der Waals surface area contributed by atoms with Crippen LogP contribution in [-0.2, 0) is 37.3 Å². The maximum atomic E-state index is 14.0. The van der Waals surface area contributed by atoms with Crippen LogP contribution in [0.4, 0.5) is 4.79 Å². The summed E-state index contributed by atoms with van der Waals surface area (Å²) in [7, 11) is -4.10. The molecule has 2 saturated heterocycles. The van der Waals surface area contributed by atoms with E-state index in [0.717, 1.165) is 11.1 Å². The van der Waals surface area contributed by atoms with E-state index in [0.29, 0.717) is 49.1 Å². The van der Waals surface area contributed by atoms with Crippen LogP contribution in [0.3, 0.4) is 0 Å². The molecule has 3 aliphatic rings. The van der Waals surface area contributed by atoms with Crippen LogP contribution >= 0.6 is 0 Å². The highest BCUT2D eigenvalue weighted by atomic mass is 32.2. The van der Waals surface area contributed by atoms with Crippen molar-refractivity contribution in [1.82, 2.24) is 9.62 Å². The second-order valence-corrected chi connectivity index (χ2v) is 15.2. The maximum absolute atomic E-state index is 14.0. The number of fused-ring (bicyclic) bond motifs is 2. The Morgan fingerprint density at radius 3 is 2.55 bits per heavy atom. The van der Waals surface area contributed by atoms with E-state index >= 15 is 0 Å². The van der Waals surface area contributed by atoms with Gasteiger partial charge in [-0.15, -0.1) is 0 Å². The standard InChI is InChI=1S/C37H43N3O10S/c1-24(2)20-40(51(43,44)29-10-11-33-34(18-29)46-15-14-45-33)21-32(41)31(39-37(42)50-35-23-49-36-30(35)12-13-47-36)17-25-6-8-28(9-7-25)48-22-27-5-3-4-26(16-27)19-38/h3-11,16,18,24,30-32,35-36,41H,12-15,17,20-23H2,1-2H3,(H,39,42)/t30-,31-,32+,35-,36?/m0/s1. The van der Waals surface area contributed by atoms with Crippen LogP contribution < -0.4 is 19.5 Å². The number of hydrogen-bond donors (Lipinski definition) is 2. The number of benzene rings is 3. The van der Waals surface area contributed by atoms with Crippen molar-refractivity contribution in [2.75, 3.05) is 39.5 Å². The van der Waals surface area contributed by atoms with E-state index in [1.165, 1.54) is 16.4 Å². The van der Waals surface area contributed by atoms with Crippen molar-refractivity contribution >= 4 is 16.1 Å². The van der Waals surface area contributed by atoms with Gasteiger partial charge >= 0.3 is 6.09 Å². The van der Waals surface area contributed by atoms with Crippen molar-refractivity contribution in [3.8, 4) is 23.3 Å². The van der Waals surface area contributed by atoms with Gasteiger partial charge in [-0.1, -0.05) is 38.1 Å². The number of sulfonamides is 1. The number of alkyl carbamates (subject to hydrolysis) is 1. The van der Waals surface area contributed by atoms with Crippen LogP contribution in [0.5, 0.6) is 17.2 Å². The van der Waals surface area contributed by atoms with E-state index in [1.54, 1.807) is 36.4 Å². The number of rotatable bonds is 14. The van der Waals surface area contributed by atoms with E-state index in [2.05, 4.69) is 11.4 Å². The summed E-state index contributed by atoms with van der Waals surface area (Å²) in [6, 6.07) is 20.0. The molecule has 1 amide bonds. The van der Waals surface area contributed by atoms with Crippen LogP contribution in [0.25, 0.3) is 0 Å². The summed E-state index contributed by atoms with van der Waals surface area (Å²) in [4.78, 5) is 13.3. The van der Waals surface area contributed by atoms with E-state index in [-0.39, 0.29) is 49.5 Å². The summed E-state index contributed by atoms with van der Waals surface area (Å²) in [6.07, 6.45) is -2.12. The molecule has 2 N–H and O–H groups in total. The topological polar surface area (TPSA) is 166 Å². The summed E-state index contributed by atoms with van der Waals surface area (Å²) in [5.74, 6) is 1.25. The SMILES string of the molecule is CC(C)CN(C[C@@H](O)[C@H](Cc1ccc(OCc2cccc(C#N)c2)cc1)NC(=O)O[C@H]1COC2OCC[C@H]21)S(=O)(=O)c1ccc2c(c1)OCCO2. The lowest BCUT2D eigenvalue weighted by molar-refractivity contribution is -0.0907. The average Bonchev–Trinajstić information content (AvgIpc) is 3.75. The minimum atomic E-state index is -4.10. The molecule has 0 aliphatic carbocycles. The zero-order valence-corrected chi connectivity index (χ0v) is 29.4. The van der Waals surface area contributed by atoms with Crippen molar-refractivity contribution in [2.45, 2.75) is 62.7 Å². The smallest absolute Gasteiger partial charge is 0.407 e. The third-order valence-electron chi connectivity index (χ3n) is 8.96. The lowest BCUT2D eigenvalue weighted by Gasteiger charge is -2.31. The largest absolute Gasteiger partial charge is 0.489 e. The molecule has 3 aliphatic heterocycles. The molecule has 272 valence electrons. The molecule has 2 fully saturated rings. The number of carbonyl (C=O) groups excluding carboxylic acids is 1. The fraction of sp³-hybridized carbons (Fsp3) is 0.459. The molecule has 51 heavy (non-hydrogen) atoms. The molecule has 14 heteroatoms. The van der Waals surface area contributed by atoms with Crippen molar-refractivity contribution < 1.29 is 46.7 Å². The van der Waals surface area contributed by atoms with Gasteiger partial charge in [-0.2, -0.15) is 9.57 Å². The van der Waals surface area contributed by atoms with E-state index in [4.69, 9.17) is 28.4 Å². The average molecular weight is 722 g/mol. The Kier molecular flexibility index (Phi) is 11.6. The van der Waals surface area contributed by atoms with Crippen LogP contribution in [0.2, 0.25) is 0 Å². The predicted molar refractivity (Wildman–Crippen MR) is 184 cm³/mol. The fourth-order valence-electron chi connectivity index (χ4n) is 6.37. The summed E-state index contributed by atoms with van der Waals surface area (Å²) in [5.41, 5.74) is 2.16. The lowest BCUT2D eigenvalue weighted by Crippen LogP contribution is -2.51. The van der Waals surface area contributed by atoms with Crippen molar-refractivity contribution in [1.29, 1.82) is 5.26 Å². The molecule has 0 radical (unpaired) electrons. The second-order valence-electron chi connectivity index (χ2n) is 13.3. The lowest BCUT2D eigenvalue weighted by atomic mass is 10.0. The van der Waals surface area contributed by atoms with E-state index < -0.39 is 40.7 Å². The molecule has 0 aromatic heterocycles. The number of aliphatic hydroxyl groups excluding tert-OH is 1. The van der Waals surface area contributed by atoms with Gasteiger partial charge < -0.3 is 38.8 Å². The Bertz CT molecular complexity index is 1810. The van der Waals surface area contributed by atoms with Crippen LogP contribution in [0, 0.1) is 23.2 Å². The fourth-order valence-corrected chi connectivity index (χ4v) is 8.01. The molecule has 1 unspecified atom stereocenters. The highest BCUT2D eigenvalue weighted by molar-refractivity contribution is 7.89. The van der Waals surface area contributed by atoms with Crippen LogP contribution in [0.15, 0.2) is 71.6 Å². The quantitative estimate of drug-likeness (QED) is 0.247. The second kappa shape index (κ2) is 16.3. The van der Waals surface area contributed by atoms with Gasteiger partial charge in [0.05, 0.1) is 47.8 Å². The monoisotopic (exact) mass is 721 g/mol. The molecule has 13 nitrogen and oxygen atoms in total. The van der Waals surface area contributed by atoms with Gasteiger partial charge in [-0.05, 0) is 66.3 Å². The zero-order valence-electron chi connectivity index (χ0n) is 28.6. The number of nitriles is 1. The molecular formula is C37H43N3O10S. The summed E-state index contributed by atoms with van der Waals surface area (Å²) in [5, 5.41) is 23.7. The highest BCUT2D eigenvalue weighted by Crippen LogP contribution is 2.34. The molecule has 5 atom stereocenters. The molecule has 0 saturated carbocycles. The van der Waals surface area contributed by atoms with Gasteiger partial charge in [0.2, 0.25) is 10.0 Å². The summed E-state index contributed by atoms with van der Waals surface area (Å²) < 4.78 is 63.3. The molecule has 0 spiro atoms. The summed E-state index contributed by atoms with van der Waals surface area (Å²) >= 11 is 0. The first kappa shape index (κ1) is 36.4. The molecule has 0 bridgehead atoms. The molecule has 3 aromatic rings. The third kappa shape index (κ3) is 9.10. The predicted octanol–water partition coefficient (Wildman–Crippen LogP) is 4.01. The number of nitrogens with zero attached hydrogens (tertiary/aromatic N) is 2. The molecule has 3 heterocycles. The Hall–Kier alpha value is -4.39. The number of ether oxygens (including phenoxy) is 6. The third-order valence-corrected chi connectivity index (χ3v) is 10.8. The zero-order chi connectivity index (χ0) is 36.0. The normalized spacial score (nSPS) is 20.7. The van der Waals surface area contributed by atoms with Crippen molar-refractivity contribution in [2.24, 2.45) is 11.8 Å².